The van der Waals surface area contributed by atoms with Crippen LogP contribution in [0.5, 0.6) is 0 Å². The monoisotopic (exact) mass is 311 g/mol. The average Bonchev–Trinajstić information content (AvgIpc) is 3.04. The van der Waals surface area contributed by atoms with Crippen LogP contribution < -0.4 is 5.32 Å². The third-order valence-corrected chi connectivity index (χ3v) is 4.29. The van der Waals surface area contributed by atoms with E-state index in [-0.39, 0.29) is 6.04 Å². The van der Waals surface area contributed by atoms with Gasteiger partial charge in [0.15, 0.2) is 0 Å². The van der Waals surface area contributed by atoms with Gasteiger partial charge in [0.25, 0.3) is 0 Å². The molecule has 0 amide bonds. The van der Waals surface area contributed by atoms with E-state index < -0.39 is 0 Å². The topological polar surface area (TPSA) is 29.9 Å². The fourth-order valence-corrected chi connectivity index (χ4v) is 3.26. The Bertz CT molecular complexity index is 519. The van der Waals surface area contributed by atoms with Crippen LogP contribution in [0.4, 0.5) is 0 Å². The van der Waals surface area contributed by atoms with Gasteiger partial charge in [0.2, 0.25) is 0 Å². The maximum atomic E-state index is 6.38. The molecule has 2 heterocycles. The van der Waals surface area contributed by atoms with Gasteiger partial charge in [0.1, 0.15) is 0 Å². The van der Waals surface area contributed by atoms with Crippen molar-refractivity contribution in [3.63, 3.8) is 0 Å². The Hall–Kier alpha value is -0.840. The molecule has 20 heavy (non-hydrogen) atoms. The van der Waals surface area contributed by atoms with E-state index >= 15 is 0 Å². The van der Waals surface area contributed by atoms with E-state index in [0.717, 1.165) is 30.1 Å². The fraction of sp³-hybridized carbons (Fsp3) is 0.533. The molecule has 0 saturated heterocycles. The number of nitrogens with zero attached hydrogens (tertiary/aromatic N) is 2. The predicted octanol–water partition coefficient (Wildman–Crippen LogP) is 4.46. The van der Waals surface area contributed by atoms with Crippen molar-refractivity contribution in [2.45, 2.75) is 45.7 Å². The lowest BCUT2D eigenvalue weighted by molar-refractivity contribution is 0.442. The summed E-state index contributed by atoms with van der Waals surface area (Å²) in [5.41, 5.74) is 2.44. The average molecular weight is 312 g/mol. The molecular formula is C15H22ClN3S. The van der Waals surface area contributed by atoms with Crippen molar-refractivity contribution in [1.82, 2.24) is 15.1 Å². The SMILES string of the molecule is CCCNC(Cc1ccsc1)c1c(Cl)cnn1C(C)C. The second-order valence-corrected chi connectivity index (χ2v) is 6.45. The number of hydrogen-bond acceptors (Lipinski definition) is 3. The number of hydrogen-bond donors (Lipinski definition) is 1. The van der Waals surface area contributed by atoms with E-state index in [1.54, 1.807) is 17.5 Å². The summed E-state index contributed by atoms with van der Waals surface area (Å²) in [6.45, 7) is 7.42. The minimum Gasteiger partial charge on any atom is -0.308 e. The molecular weight excluding hydrogens is 290 g/mol. The molecule has 110 valence electrons. The molecule has 0 saturated carbocycles. The van der Waals surface area contributed by atoms with Gasteiger partial charge < -0.3 is 5.32 Å². The van der Waals surface area contributed by atoms with E-state index in [2.05, 4.69) is 48.0 Å². The van der Waals surface area contributed by atoms with Crippen molar-refractivity contribution >= 4 is 22.9 Å². The number of thiophene rings is 1. The van der Waals surface area contributed by atoms with Gasteiger partial charge >= 0.3 is 0 Å². The molecule has 0 radical (unpaired) electrons. The fourth-order valence-electron chi connectivity index (χ4n) is 2.32. The van der Waals surface area contributed by atoms with Gasteiger partial charge in [-0.3, -0.25) is 4.68 Å². The normalized spacial score (nSPS) is 13.1. The zero-order chi connectivity index (χ0) is 14.5. The lowest BCUT2D eigenvalue weighted by Gasteiger charge is -2.22. The number of rotatable bonds is 7. The molecule has 1 N–H and O–H groups in total. The van der Waals surface area contributed by atoms with Crippen LogP contribution in [-0.2, 0) is 6.42 Å². The largest absolute Gasteiger partial charge is 0.308 e. The number of aromatic nitrogens is 2. The van der Waals surface area contributed by atoms with Crippen LogP contribution in [0.3, 0.4) is 0 Å². The van der Waals surface area contributed by atoms with Gasteiger partial charge in [-0.1, -0.05) is 18.5 Å². The highest BCUT2D eigenvalue weighted by molar-refractivity contribution is 7.07. The van der Waals surface area contributed by atoms with Gasteiger partial charge in [-0.25, -0.2) is 0 Å². The molecule has 0 fully saturated rings. The molecule has 0 aliphatic rings. The highest BCUT2D eigenvalue weighted by Crippen LogP contribution is 2.28. The van der Waals surface area contributed by atoms with Crippen molar-refractivity contribution in [1.29, 1.82) is 0 Å². The van der Waals surface area contributed by atoms with Crippen molar-refractivity contribution in [3.8, 4) is 0 Å². The minimum atomic E-state index is 0.210. The Morgan fingerprint density at radius 1 is 1.45 bits per heavy atom. The Kier molecular flexibility index (Phi) is 5.64. The third kappa shape index (κ3) is 3.62. The van der Waals surface area contributed by atoms with Crippen molar-refractivity contribution < 1.29 is 0 Å². The number of nitrogens with one attached hydrogen (secondary N) is 1. The van der Waals surface area contributed by atoms with E-state index in [4.69, 9.17) is 11.6 Å². The lowest BCUT2D eigenvalue weighted by Crippen LogP contribution is -2.27. The minimum absolute atomic E-state index is 0.210. The Morgan fingerprint density at radius 2 is 2.25 bits per heavy atom. The molecule has 2 rings (SSSR count). The first kappa shape index (κ1) is 15.5. The zero-order valence-electron chi connectivity index (χ0n) is 12.3. The first-order chi connectivity index (χ1) is 9.63. The highest BCUT2D eigenvalue weighted by atomic mass is 35.5. The van der Waals surface area contributed by atoms with Gasteiger partial charge in [0.05, 0.1) is 23.0 Å². The van der Waals surface area contributed by atoms with Crippen LogP contribution in [0.25, 0.3) is 0 Å². The smallest absolute Gasteiger partial charge is 0.0834 e. The van der Waals surface area contributed by atoms with Crippen LogP contribution in [0, 0.1) is 0 Å². The first-order valence-electron chi connectivity index (χ1n) is 7.10. The van der Waals surface area contributed by atoms with Gasteiger partial charge in [0, 0.05) is 6.04 Å². The molecule has 1 unspecified atom stereocenters. The Morgan fingerprint density at radius 3 is 2.85 bits per heavy atom. The Labute approximate surface area is 130 Å². The maximum absolute atomic E-state index is 6.38. The van der Waals surface area contributed by atoms with E-state index in [1.165, 1.54) is 5.56 Å². The summed E-state index contributed by atoms with van der Waals surface area (Å²) in [4.78, 5) is 0. The highest BCUT2D eigenvalue weighted by Gasteiger charge is 2.21. The van der Waals surface area contributed by atoms with Crippen LogP contribution >= 0.6 is 22.9 Å². The second kappa shape index (κ2) is 7.25. The van der Waals surface area contributed by atoms with E-state index in [0.29, 0.717) is 6.04 Å². The van der Waals surface area contributed by atoms with Crippen LogP contribution in [0.15, 0.2) is 23.0 Å². The summed E-state index contributed by atoms with van der Waals surface area (Å²) in [6, 6.07) is 2.70. The van der Waals surface area contributed by atoms with Gasteiger partial charge in [-0.05, 0) is 55.6 Å². The van der Waals surface area contributed by atoms with Gasteiger partial charge in [-0.15, -0.1) is 0 Å². The van der Waals surface area contributed by atoms with Crippen molar-refractivity contribution in [2.24, 2.45) is 0 Å². The molecule has 3 nitrogen and oxygen atoms in total. The van der Waals surface area contributed by atoms with Crippen LogP contribution in [0.1, 0.15) is 50.5 Å². The molecule has 1 atom stereocenters. The van der Waals surface area contributed by atoms with Crippen molar-refractivity contribution in [2.75, 3.05) is 6.54 Å². The molecule has 0 aliphatic carbocycles. The molecule has 2 aromatic rings. The lowest BCUT2D eigenvalue weighted by atomic mass is 10.1. The van der Waals surface area contributed by atoms with Crippen LogP contribution in [-0.4, -0.2) is 16.3 Å². The summed E-state index contributed by atoms with van der Waals surface area (Å²) in [7, 11) is 0. The summed E-state index contributed by atoms with van der Waals surface area (Å²) in [5.74, 6) is 0. The standard InChI is InChI=1S/C15H22ClN3S/c1-4-6-17-14(8-12-5-7-20-10-12)15-13(16)9-18-19(15)11(2)3/h5,7,9-11,14,17H,4,6,8H2,1-3H3. The van der Waals surface area contributed by atoms with Gasteiger partial charge in [-0.2, -0.15) is 16.4 Å². The summed E-state index contributed by atoms with van der Waals surface area (Å²) in [6.07, 6.45) is 3.81. The summed E-state index contributed by atoms with van der Waals surface area (Å²) < 4.78 is 2.03. The van der Waals surface area contributed by atoms with E-state index in [9.17, 15) is 0 Å². The van der Waals surface area contributed by atoms with Crippen LogP contribution in [0.2, 0.25) is 5.02 Å². The van der Waals surface area contributed by atoms with E-state index in [1.807, 2.05) is 4.68 Å². The molecule has 0 aliphatic heterocycles. The summed E-state index contributed by atoms with van der Waals surface area (Å²) in [5, 5.41) is 13.1. The third-order valence-electron chi connectivity index (χ3n) is 3.27. The summed E-state index contributed by atoms with van der Waals surface area (Å²) >= 11 is 8.12. The molecule has 2 aromatic heterocycles. The Balaban J connectivity index is 2.28. The van der Waals surface area contributed by atoms with Crippen molar-refractivity contribution in [3.05, 3.63) is 39.3 Å². The molecule has 0 spiro atoms. The molecule has 5 heteroatoms. The quantitative estimate of drug-likeness (QED) is 0.818. The predicted molar refractivity (Wildman–Crippen MR) is 86.7 cm³/mol. The number of halogens is 1. The molecule has 0 bridgehead atoms. The molecule has 0 aromatic carbocycles. The first-order valence-corrected chi connectivity index (χ1v) is 8.43. The maximum Gasteiger partial charge on any atom is 0.0834 e. The zero-order valence-corrected chi connectivity index (χ0v) is 13.8. The second-order valence-electron chi connectivity index (χ2n) is 5.26.